The molecule has 2 rings (SSSR count). The van der Waals surface area contributed by atoms with Gasteiger partial charge in [0.25, 0.3) is 0 Å². The van der Waals surface area contributed by atoms with Gasteiger partial charge in [-0.15, -0.1) is 0 Å². The predicted octanol–water partition coefficient (Wildman–Crippen LogP) is 3.28. The van der Waals surface area contributed by atoms with Crippen LogP contribution < -0.4 is 5.32 Å². The highest BCUT2D eigenvalue weighted by Gasteiger charge is 2.14. The fourth-order valence-electron chi connectivity index (χ4n) is 3.31. The first-order chi connectivity index (χ1) is 13.5. The first-order valence-corrected chi connectivity index (χ1v) is 9.95. The average Bonchev–Trinajstić information content (AvgIpc) is 3.10. The van der Waals surface area contributed by atoms with E-state index in [9.17, 15) is 9.59 Å². The topological polar surface area (TPSA) is 76.5 Å². The lowest BCUT2D eigenvalue weighted by Crippen LogP contribution is -2.29. The molecule has 0 bridgehead atoms. The highest BCUT2D eigenvalue weighted by Crippen LogP contribution is 2.21. The van der Waals surface area contributed by atoms with Crippen LogP contribution in [-0.4, -0.2) is 53.7 Å². The molecular weight excluding hydrogens is 356 g/mol. The number of unbranched alkanes of at least 4 members (excludes halogenated alkanes) is 3. The van der Waals surface area contributed by atoms with Crippen LogP contribution >= 0.6 is 0 Å². The molecule has 0 aliphatic carbocycles. The van der Waals surface area contributed by atoms with Crippen molar-refractivity contribution in [3.05, 3.63) is 29.5 Å². The van der Waals surface area contributed by atoms with E-state index in [4.69, 9.17) is 4.74 Å². The number of nitrogens with zero attached hydrogens (tertiary/aromatic N) is 3. The van der Waals surface area contributed by atoms with Crippen LogP contribution in [0, 0.1) is 6.92 Å². The van der Waals surface area contributed by atoms with Crippen molar-refractivity contribution in [2.45, 2.75) is 58.7 Å². The van der Waals surface area contributed by atoms with Crippen LogP contribution in [0.1, 0.15) is 43.7 Å². The fraction of sp³-hybridized carbons (Fsp3) is 0.571. The van der Waals surface area contributed by atoms with Gasteiger partial charge in [-0.25, -0.2) is 9.48 Å². The summed E-state index contributed by atoms with van der Waals surface area (Å²) in [5.74, 6) is 0. The lowest BCUT2D eigenvalue weighted by atomic mass is 10.0. The van der Waals surface area contributed by atoms with Gasteiger partial charge in [-0.3, -0.25) is 0 Å². The van der Waals surface area contributed by atoms with Crippen LogP contribution in [0.4, 0.5) is 4.79 Å². The summed E-state index contributed by atoms with van der Waals surface area (Å²) >= 11 is 0. The van der Waals surface area contributed by atoms with E-state index in [0.29, 0.717) is 13.0 Å². The van der Waals surface area contributed by atoms with Crippen LogP contribution in [0.5, 0.6) is 0 Å². The van der Waals surface area contributed by atoms with Crippen LogP contribution in [0.15, 0.2) is 18.3 Å². The second kappa shape index (κ2) is 10.8. The Kier molecular flexibility index (Phi) is 8.44. The molecule has 0 fully saturated rings. The Balaban J connectivity index is 2.00. The number of likely N-dealkylation sites (N-methyl/N-ethyl adjacent to an activating group) is 1. The lowest BCUT2D eigenvalue weighted by Gasteiger charge is -2.17. The molecule has 0 aliphatic rings. The minimum Gasteiger partial charge on any atom is -0.426 e. The first-order valence-electron chi connectivity index (χ1n) is 9.95. The third kappa shape index (κ3) is 5.79. The Morgan fingerprint density at radius 2 is 2.14 bits per heavy atom. The SMILES string of the molecule is CCCCCCN(C)C(=O)OCn1ncc2cc(CC(C=O)NC)cc(C)c21. The molecule has 0 saturated heterocycles. The van der Waals surface area contributed by atoms with Gasteiger partial charge in [0.2, 0.25) is 0 Å². The van der Waals surface area contributed by atoms with E-state index in [0.717, 1.165) is 41.2 Å². The van der Waals surface area contributed by atoms with Crippen LogP contribution in [0.3, 0.4) is 0 Å². The Bertz CT molecular complexity index is 787. The van der Waals surface area contributed by atoms with E-state index >= 15 is 0 Å². The van der Waals surface area contributed by atoms with E-state index in [1.165, 1.54) is 12.8 Å². The third-order valence-corrected chi connectivity index (χ3v) is 4.94. The molecule has 1 amide bonds. The largest absolute Gasteiger partial charge is 0.426 e. The summed E-state index contributed by atoms with van der Waals surface area (Å²) in [7, 11) is 3.54. The summed E-state index contributed by atoms with van der Waals surface area (Å²) in [6.07, 6.45) is 7.44. The van der Waals surface area contributed by atoms with Crippen molar-refractivity contribution in [1.82, 2.24) is 20.0 Å². The number of carbonyl (C=O) groups excluding carboxylic acids is 2. The minimum atomic E-state index is -0.336. The van der Waals surface area contributed by atoms with Gasteiger partial charge in [0.05, 0.1) is 17.8 Å². The molecule has 0 radical (unpaired) electrons. The summed E-state index contributed by atoms with van der Waals surface area (Å²) < 4.78 is 7.13. The standard InChI is InChI=1S/C21H32N4O3/c1-5-6-7-8-9-24(4)21(27)28-15-25-20-16(2)10-17(11-18(20)13-23-25)12-19(14-26)22-3/h10-11,13-14,19,22H,5-9,12,15H2,1-4H3. The second-order valence-electron chi connectivity index (χ2n) is 7.25. The number of fused-ring (bicyclic) bond motifs is 1. The van der Waals surface area contributed by atoms with Crippen LogP contribution in [0.2, 0.25) is 0 Å². The number of aldehydes is 1. The van der Waals surface area contributed by atoms with E-state index in [1.807, 2.05) is 13.0 Å². The minimum absolute atomic E-state index is 0.0787. The fourth-order valence-corrected chi connectivity index (χ4v) is 3.31. The van der Waals surface area contributed by atoms with Gasteiger partial charge in [0.15, 0.2) is 6.73 Å². The van der Waals surface area contributed by atoms with Gasteiger partial charge in [0.1, 0.15) is 6.29 Å². The molecule has 1 atom stereocenters. The van der Waals surface area contributed by atoms with Crippen LogP contribution in [0.25, 0.3) is 10.9 Å². The van der Waals surface area contributed by atoms with Gasteiger partial charge < -0.3 is 19.7 Å². The van der Waals surface area contributed by atoms with Crippen LogP contribution in [-0.2, 0) is 22.7 Å². The highest BCUT2D eigenvalue weighted by atomic mass is 16.6. The van der Waals surface area contributed by atoms with Gasteiger partial charge in [-0.2, -0.15) is 5.10 Å². The molecular formula is C21H32N4O3. The van der Waals surface area contributed by atoms with Gasteiger partial charge >= 0.3 is 6.09 Å². The summed E-state index contributed by atoms with van der Waals surface area (Å²) in [5.41, 5.74) is 3.05. The molecule has 1 heterocycles. The van der Waals surface area contributed by atoms with E-state index in [1.54, 1.807) is 29.9 Å². The summed E-state index contributed by atoms with van der Waals surface area (Å²) in [4.78, 5) is 24.9. The van der Waals surface area contributed by atoms with Crippen molar-refractivity contribution in [2.24, 2.45) is 0 Å². The first kappa shape index (κ1) is 21.9. The van der Waals surface area contributed by atoms with Crippen molar-refractivity contribution >= 4 is 23.3 Å². The van der Waals surface area contributed by atoms with E-state index < -0.39 is 0 Å². The zero-order valence-corrected chi connectivity index (χ0v) is 17.4. The summed E-state index contributed by atoms with van der Waals surface area (Å²) in [6.45, 7) is 4.94. The Hall–Kier alpha value is -2.41. The predicted molar refractivity (Wildman–Crippen MR) is 110 cm³/mol. The Labute approximate surface area is 167 Å². The molecule has 2 aromatic rings. The molecule has 0 aliphatic heterocycles. The quantitative estimate of drug-likeness (QED) is 0.472. The molecule has 0 spiro atoms. The molecule has 0 saturated carbocycles. The molecule has 1 unspecified atom stereocenters. The number of benzene rings is 1. The maximum atomic E-state index is 12.2. The van der Waals surface area contributed by atoms with Crippen molar-refractivity contribution in [1.29, 1.82) is 0 Å². The zero-order chi connectivity index (χ0) is 20.5. The number of nitrogens with one attached hydrogen (secondary N) is 1. The van der Waals surface area contributed by atoms with Crippen molar-refractivity contribution in [3.63, 3.8) is 0 Å². The maximum Gasteiger partial charge on any atom is 0.411 e. The molecule has 154 valence electrons. The van der Waals surface area contributed by atoms with Crippen molar-refractivity contribution < 1.29 is 14.3 Å². The lowest BCUT2D eigenvalue weighted by molar-refractivity contribution is -0.109. The highest BCUT2D eigenvalue weighted by molar-refractivity contribution is 5.83. The molecule has 28 heavy (non-hydrogen) atoms. The smallest absolute Gasteiger partial charge is 0.411 e. The number of hydrogen-bond donors (Lipinski definition) is 1. The second-order valence-corrected chi connectivity index (χ2v) is 7.25. The normalized spacial score (nSPS) is 12.1. The number of hydrogen-bond acceptors (Lipinski definition) is 5. The number of amides is 1. The van der Waals surface area contributed by atoms with Crippen molar-refractivity contribution in [3.8, 4) is 0 Å². The summed E-state index contributed by atoms with van der Waals surface area (Å²) in [5, 5.41) is 8.33. The number of aryl methyl sites for hydroxylation is 1. The number of rotatable bonds is 11. The van der Waals surface area contributed by atoms with E-state index in [-0.39, 0.29) is 18.9 Å². The van der Waals surface area contributed by atoms with Gasteiger partial charge in [0, 0.05) is 19.0 Å². The monoisotopic (exact) mass is 388 g/mol. The average molecular weight is 389 g/mol. The number of ether oxygens (including phenoxy) is 1. The van der Waals surface area contributed by atoms with Gasteiger partial charge in [-0.05, 0) is 44.0 Å². The number of carbonyl (C=O) groups is 2. The maximum absolute atomic E-state index is 12.2. The zero-order valence-electron chi connectivity index (χ0n) is 17.4. The molecule has 7 nitrogen and oxygen atoms in total. The molecule has 1 N–H and O–H groups in total. The third-order valence-electron chi connectivity index (χ3n) is 4.94. The van der Waals surface area contributed by atoms with E-state index in [2.05, 4.69) is 23.4 Å². The Morgan fingerprint density at radius 3 is 2.82 bits per heavy atom. The van der Waals surface area contributed by atoms with Gasteiger partial charge in [-0.1, -0.05) is 32.3 Å². The molecule has 7 heteroatoms. The van der Waals surface area contributed by atoms with Crippen molar-refractivity contribution in [2.75, 3.05) is 20.6 Å². The molecule has 1 aromatic heterocycles. The Morgan fingerprint density at radius 1 is 1.36 bits per heavy atom. The number of aromatic nitrogens is 2. The molecule has 1 aromatic carbocycles. The summed E-state index contributed by atoms with van der Waals surface area (Å²) in [6, 6.07) is 3.87.